The summed E-state index contributed by atoms with van der Waals surface area (Å²) in [6.45, 7) is 14.8. The number of amides is 4. The van der Waals surface area contributed by atoms with E-state index in [1.165, 1.54) is 25.5 Å². The number of anilines is 1. The second-order valence-electron chi connectivity index (χ2n) is 15.8. The maximum Gasteiger partial charge on any atom is 0.409 e. The number of aryl methyl sites for hydroxylation is 2. The molecular weight excluding hydrogens is 699 g/mol. The number of ether oxygens (including phenoxy) is 2. The van der Waals surface area contributed by atoms with Crippen molar-refractivity contribution < 1.29 is 33.8 Å². The summed E-state index contributed by atoms with van der Waals surface area (Å²) in [7, 11) is 1.40. The molecule has 2 aromatic carbocycles. The van der Waals surface area contributed by atoms with Gasteiger partial charge in [-0.2, -0.15) is 0 Å². The van der Waals surface area contributed by atoms with Gasteiger partial charge in [0.2, 0.25) is 5.91 Å². The predicted molar refractivity (Wildman–Crippen MR) is 213 cm³/mol. The number of carbonyl (C=O) groups excluding carboxylic acids is 4. The number of urea groups is 1. The number of hydrogen-bond donors (Lipinski definition) is 2. The molecule has 2 aromatic rings. The first-order valence-electron chi connectivity index (χ1n) is 20.4. The molecule has 2 N–H and O–H groups in total. The van der Waals surface area contributed by atoms with Gasteiger partial charge < -0.3 is 39.5 Å². The predicted octanol–water partition coefficient (Wildman–Crippen LogP) is 6.40. The van der Waals surface area contributed by atoms with E-state index in [0.717, 1.165) is 93.1 Å². The lowest BCUT2D eigenvalue weighted by Gasteiger charge is -2.40. The zero-order chi connectivity index (χ0) is 39.5. The fourth-order valence-electron chi connectivity index (χ4n) is 8.87. The van der Waals surface area contributed by atoms with Crippen LogP contribution in [-0.4, -0.2) is 121 Å². The van der Waals surface area contributed by atoms with Crippen LogP contribution in [0, 0.1) is 31.6 Å². The molecule has 0 radical (unpaired) electrons. The molecule has 4 amide bonds. The molecule has 3 fully saturated rings. The number of benzene rings is 2. The number of nitrogens with one attached hydrogen (secondary N) is 1. The lowest BCUT2D eigenvalue weighted by atomic mass is 9.78. The number of likely N-dealkylation sites (tertiary alicyclic amines) is 3. The number of phenolic OH excluding ortho intramolecular Hbond substituents is 1. The molecule has 1 atom stereocenters. The molecule has 302 valence electrons. The normalized spacial score (nSPS) is 19.4. The number of aromatic hydroxyl groups is 1. The van der Waals surface area contributed by atoms with E-state index >= 15 is 0 Å². The maximum atomic E-state index is 13.1. The third-order valence-electron chi connectivity index (χ3n) is 12.1. The second-order valence-corrected chi connectivity index (χ2v) is 15.8. The molecule has 0 aromatic heterocycles. The summed E-state index contributed by atoms with van der Waals surface area (Å²) in [4.78, 5) is 56.7. The van der Waals surface area contributed by atoms with Gasteiger partial charge in [-0.1, -0.05) is 37.3 Å². The Balaban J connectivity index is 0.000000228. The number of methoxy groups -OCH3 is 1. The summed E-state index contributed by atoms with van der Waals surface area (Å²) >= 11 is 0. The molecule has 12 heteroatoms. The van der Waals surface area contributed by atoms with Crippen molar-refractivity contribution in [2.75, 3.05) is 71.4 Å². The Morgan fingerprint density at radius 3 is 2.09 bits per heavy atom. The van der Waals surface area contributed by atoms with Crippen molar-refractivity contribution >= 4 is 29.7 Å². The molecule has 6 rings (SSSR count). The lowest BCUT2D eigenvalue weighted by Crippen LogP contribution is -2.50. The SMILES string of the molecule is CCOC(=O)CCN1CCC(C2CCN(C(=O)[C@H](C)Cc3cc(C)c(O)c(C)c3)CC2)CC1.COC(=O)N1CCC(N2CCc3ccccc3NC2=O)CC1. The van der Waals surface area contributed by atoms with Crippen molar-refractivity contribution in [3.05, 3.63) is 58.7 Å². The zero-order valence-corrected chi connectivity index (χ0v) is 33.7. The highest BCUT2D eigenvalue weighted by molar-refractivity contribution is 5.91. The smallest absolute Gasteiger partial charge is 0.409 e. The van der Waals surface area contributed by atoms with Gasteiger partial charge in [0.05, 0.1) is 20.1 Å². The van der Waals surface area contributed by atoms with Gasteiger partial charge in [-0.15, -0.1) is 0 Å². The topological polar surface area (TPSA) is 132 Å². The van der Waals surface area contributed by atoms with Crippen LogP contribution in [0.4, 0.5) is 15.3 Å². The summed E-state index contributed by atoms with van der Waals surface area (Å²) in [6, 6.07) is 12.1. The van der Waals surface area contributed by atoms with E-state index < -0.39 is 0 Å². The summed E-state index contributed by atoms with van der Waals surface area (Å²) in [5, 5.41) is 13.0. The van der Waals surface area contributed by atoms with Crippen LogP contribution in [0.5, 0.6) is 5.75 Å². The van der Waals surface area contributed by atoms with Crippen LogP contribution >= 0.6 is 0 Å². The quantitative estimate of drug-likeness (QED) is 0.281. The van der Waals surface area contributed by atoms with Crippen molar-refractivity contribution in [1.29, 1.82) is 0 Å². The molecule has 0 spiro atoms. The average molecular weight is 762 g/mol. The van der Waals surface area contributed by atoms with E-state index in [1.807, 2.05) is 62.9 Å². The van der Waals surface area contributed by atoms with E-state index in [-0.39, 0.29) is 36.0 Å². The van der Waals surface area contributed by atoms with E-state index in [0.29, 0.717) is 50.8 Å². The first kappa shape index (κ1) is 41.8. The summed E-state index contributed by atoms with van der Waals surface area (Å²) < 4.78 is 9.78. The average Bonchev–Trinajstić information content (AvgIpc) is 3.37. The Kier molecular flexibility index (Phi) is 15.2. The van der Waals surface area contributed by atoms with E-state index in [4.69, 9.17) is 9.47 Å². The number of rotatable bonds is 9. The minimum absolute atomic E-state index is 0.0403. The number of nitrogens with zero attached hydrogens (tertiary/aromatic N) is 4. The van der Waals surface area contributed by atoms with Crippen molar-refractivity contribution in [2.24, 2.45) is 17.8 Å². The molecule has 55 heavy (non-hydrogen) atoms. The van der Waals surface area contributed by atoms with Crippen LogP contribution in [-0.2, 0) is 31.9 Å². The Labute approximate surface area is 327 Å². The third kappa shape index (κ3) is 11.4. The Bertz CT molecular complexity index is 1590. The number of para-hydroxylation sites is 1. The van der Waals surface area contributed by atoms with E-state index in [1.54, 1.807) is 4.90 Å². The maximum absolute atomic E-state index is 13.1. The molecule has 0 unspecified atom stereocenters. The van der Waals surface area contributed by atoms with Gasteiger partial charge in [-0.05, 0) is 125 Å². The minimum atomic E-state index is -0.286. The highest BCUT2D eigenvalue weighted by atomic mass is 16.5. The van der Waals surface area contributed by atoms with Gasteiger partial charge in [0, 0.05) is 56.9 Å². The number of esters is 1. The molecule has 4 heterocycles. The van der Waals surface area contributed by atoms with E-state index in [2.05, 4.69) is 21.2 Å². The molecule has 0 aliphatic carbocycles. The summed E-state index contributed by atoms with van der Waals surface area (Å²) in [5.41, 5.74) is 4.94. The Morgan fingerprint density at radius 2 is 1.47 bits per heavy atom. The van der Waals surface area contributed by atoms with Crippen LogP contribution in [0.15, 0.2) is 36.4 Å². The lowest BCUT2D eigenvalue weighted by molar-refractivity contribution is -0.143. The number of phenols is 1. The molecule has 3 saturated heterocycles. The fourth-order valence-corrected chi connectivity index (χ4v) is 8.87. The van der Waals surface area contributed by atoms with Crippen LogP contribution in [0.3, 0.4) is 0 Å². The van der Waals surface area contributed by atoms with Crippen molar-refractivity contribution in [2.45, 2.75) is 91.5 Å². The molecule has 12 nitrogen and oxygen atoms in total. The van der Waals surface area contributed by atoms with Gasteiger partial charge >= 0.3 is 18.1 Å². The van der Waals surface area contributed by atoms with Gasteiger partial charge in [-0.25, -0.2) is 9.59 Å². The van der Waals surface area contributed by atoms with Crippen LogP contribution in [0.25, 0.3) is 0 Å². The standard InChI is InChI=1S/C27H42N2O4.C16H21N3O3/c1-5-33-25(30)10-13-28-11-6-23(7-12-28)24-8-14-29(15-9-24)27(32)21(4)18-22-16-19(2)26(31)20(3)17-22;1-22-16(21)18-9-7-13(8-10-18)19-11-6-12-4-2-3-5-14(12)17-15(19)20/h16-17,21,23-24,31H,5-15,18H2,1-4H3;2-5,13H,6-11H2,1H3,(H,17,20)/t21-;/m1./s1. The van der Waals surface area contributed by atoms with Gasteiger partial charge in [0.15, 0.2) is 0 Å². The van der Waals surface area contributed by atoms with Crippen LogP contribution in [0.2, 0.25) is 0 Å². The van der Waals surface area contributed by atoms with Crippen molar-refractivity contribution in [3.63, 3.8) is 0 Å². The van der Waals surface area contributed by atoms with Gasteiger partial charge in [0.25, 0.3) is 0 Å². The second kappa shape index (κ2) is 20.0. The van der Waals surface area contributed by atoms with Crippen molar-refractivity contribution in [1.82, 2.24) is 19.6 Å². The first-order chi connectivity index (χ1) is 26.5. The number of carbonyl (C=O) groups is 4. The van der Waals surface area contributed by atoms with Gasteiger partial charge in [0.1, 0.15) is 5.75 Å². The van der Waals surface area contributed by atoms with Gasteiger partial charge in [-0.3, -0.25) is 9.59 Å². The van der Waals surface area contributed by atoms with Crippen LogP contribution in [0.1, 0.15) is 81.0 Å². The van der Waals surface area contributed by atoms with Crippen molar-refractivity contribution in [3.8, 4) is 5.75 Å². The monoisotopic (exact) mass is 761 g/mol. The third-order valence-corrected chi connectivity index (χ3v) is 12.1. The first-order valence-corrected chi connectivity index (χ1v) is 20.4. The largest absolute Gasteiger partial charge is 0.507 e. The minimum Gasteiger partial charge on any atom is -0.507 e. The molecule has 4 aliphatic rings. The number of hydrogen-bond acceptors (Lipinski definition) is 8. The molecule has 4 aliphatic heterocycles. The summed E-state index contributed by atoms with van der Waals surface area (Å²) in [5.74, 6) is 1.91. The Morgan fingerprint density at radius 1 is 0.873 bits per heavy atom. The van der Waals surface area contributed by atoms with Crippen LogP contribution < -0.4 is 5.32 Å². The molecule has 0 saturated carbocycles. The number of piperidine rings is 3. The highest BCUT2D eigenvalue weighted by Gasteiger charge is 2.33. The fraction of sp³-hybridized carbons (Fsp3) is 0.628. The Hall–Kier alpha value is -4.32. The molecule has 0 bridgehead atoms. The zero-order valence-electron chi connectivity index (χ0n) is 33.7. The summed E-state index contributed by atoms with van der Waals surface area (Å²) in [6.07, 6.45) is 7.93. The highest BCUT2D eigenvalue weighted by Crippen LogP contribution is 2.33. The number of fused-ring (bicyclic) bond motifs is 1. The van der Waals surface area contributed by atoms with E-state index in [9.17, 15) is 24.3 Å². The molecular formula is C43H63N5O7.